The minimum Gasteiger partial charge on any atom is -0.377 e. The van der Waals surface area contributed by atoms with E-state index < -0.39 is 11.7 Å². The molecular weight excluding hydrogens is 337 g/mol. The first-order chi connectivity index (χ1) is 12.0. The Kier molecular flexibility index (Phi) is 3.42. The zero-order valence-corrected chi connectivity index (χ0v) is 12.9. The fourth-order valence-electron chi connectivity index (χ4n) is 2.51. The molecule has 0 aliphatic carbocycles. The number of imidazole rings is 1. The molecule has 4 aromatic rings. The molecule has 0 fully saturated rings. The fourth-order valence-corrected chi connectivity index (χ4v) is 2.51. The van der Waals surface area contributed by atoms with E-state index in [2.05, 4.69) is 25.0 Å². The predicted molar refractivity (Wildman–Crippen MR) is 81.6 cm³/mol. The summed E-state index contributed by atoms with van der Waals surface area (Å²) >= 11 is 0. The van der Waals surface area contributed by atoms with E-state index in [0.717, 1.165) is 12.1 Å². The quantitative estimate of drug-likeness (QED) is 0.616. The number of rotatable bonds is 3. The molecule has 10 heteroatoms. The molecule has 1 aromatic carbocycles. The summed E-state index contributed by atoms with van der Waals surface area (Å²) in [5.41, 5.74) is 1.27. The number of hydrogen-bond donors (Lipinski definition) is 1. The Balaban J connectivity index is 1.87. The smallest absolute Gasteiger partial charge is 0.377 e. The molecule has 0 aliphatic rings. The highest BCUT2D eigenvalue weighted by molar-refractivity contribution is 5.85. The van der Waals surface area contributed by atoms with Gasteiger partial charge in [0.1, 0.15) is 12.1 Å². The number of halogens is 3. The summed E-state index contributed by atoms with van der Waals surface area (Å²) in [5, 5.41) is 4.36. The maximum atomic E-state index is 12.7. The van der Waals surface area contributed by atoms with E-state index in [-0.39, 0.29) is 12.4 Å². The molecule has 0 bridgehead atoms. The number of hydrogen-bond acceptors (Lipinski definition) is 5. The van der Waals surface area contributed by atoms with Crippen molar-refractivity contribution in [1.82, 2.24) is 29.5 Å². The number of H-pyrrole nitrogens is 1. The number of nitrogens with zero attached hydrogens (tertiary/aromatic N) is 5. The number of methoxy groups -OCH3 is 1. The molecule has 3 aromatic heterocycles. The molecule has 128 valence electrons. The van der Waals surface area contributed by atoms with Crippen LogP contribution >= 0.6 is 0 Å². The van der Waals surface area contributed by atoms with Gasteiger partial charge in [-0.25, -0.2) is 15.0 Å². The van der Waals surface area contributed by atoms with Gasteiger partial charge in [-0.1, -0.05) is 12.1 Å². The van der Waals surface area contributed by atoms with E-state index in [0.29, 0.717) is 28.2 Å². The molecule has 0 unspecified atom stereocenters. The first-order valence-electron chi connectivity index (χ1n) is 7.22. The Morgan fingerprint density at radius 1 is 1.16 bits per heavy atom. The van der Waals surface area contributed by atoms with Gasteiger partial charge in [-0.05, 0) is 12.1 Å². The normalized spacial score (nSPS) is 12.3. The first-order valence-corrected chi connectivity index (χ1v) is 7.22. The lowest BCUT2D eigenvalue weighted by Crippen LogP contribution is -2.05. The van der Waals surface area contributed by atoms with Crippen LogP contribution in [0.5, 0.6) is 0 Å². The summed E-state index contributed by atoms with van der Waals surface area (Å²) < 4.78 is 44.7. The molecular formula is C15H11F3N6O. The minimum atomic E-state index is -4.39. The van der Waals surface area contributed by atoms with Crippen LogP contribution in [0.4, 0.5) is 13.2 Å². The van der Waals surface area contributed by atoms with Gasteiger partial charge in [0.2, 0.25) is 0 Å². The van der Waals surface area contributed by atoms with Crippen LogP contribution in [0.3, 0.4) is 0 Å². The number of benzene rings is 1. The molecule has 3 heterocycles. The highest BCUT2D eigenvalue weighted by Crippen LogP contribution is 2.30. The molecule has 0 saturated heterocycles. The first kappa shape index (κ1) is 15.5. The van der Waals surface area contributed by atoms with Gasteiger partial charge in [0.05, 0.1) is 11.9 Å². The minimum absolute atomic E-state index is 0.190. The van der Waals surface area contributed by atoms with E-state index in [4.69, 9.17) is 4.74 Å². The van der Waals surface area contributed by atoms with Gasteiger partial charge in [-0.15, -0.1) is 5.10 Å². The van der Waals surface area contributed by atoms with Crippen LogP contribution in [0, 0.1) is 0 Å². The van der Waals surface area contributed by atoms with Gasteiger partial charge in [-0.3, -0.25) is 0 Å². The van der Waals surface area contributed by atoms with Crippen molar-refractivity contribution in [2.24, 2.45) is 0 Å². The Labute approximate surface area is 138 Å². The molecule has 4 rings (SSSR count). The van der Waals surface area contributed by atoms with E-state index >= 15 is 0 Å². The second kappa shape index (κ2) is 5.52. The van der Waals surface area contributed by atoms with Crippen molar-refractivity contribution in [1.29, 1.82) is 0 Å². The maximum absolute atomic E-state index is 12.7. The molecule has 0 saturated carbocycles. The van der Waals surface area contributed by atoms with E-state index in [1.807, 2.05) is 0 Å². The van der Waals surface area contributed by atoms with Gasteiger partial charge in [0, 0.05) is 12.7 Å². The van der Waals surface area contributed by atoms with Gasteiger partial charge >= 0.3 is 6.18 Å². The largest absolute Gasteiger partial charge is 0.416 e. The van der Waals surface area contributed by atoms with Gasteiger partial charge in [0.25, 0.3) is 0 Å². The van der Waals surface area contributed by atoms with Crippen molar-refractivity contribution in [3.8, 4) is 11.4 Å². The third-order valence-corrected chi connectivity index (χ3v) is 3.67. The summed E-state index contributed by atoms with van der Waals surface area (Å²) in [7, 11) is 1.52. The zero-order chi connectivity index (χ0) is 17.6. The Morgan fingerprint density at radius 3 is 2.60 bits per heavy atom. The molecule has 0 spiro atoms. The predicted octanol–water partition coefficient (Wildman–Crippen LogP) is 2.83. The SMILES string of the molecule is COCc1nc2nc[nH]c2c2nc(-c3ccc(C(F)(F)F)cc3)nn12. The monoisotopic (exact) mass is 348 g/mol. The summed E-state index contributed by atoms with van der Waals surface area (Å²) in [6, 6.07) is 4.68. The van der Waals surface area contributed by atoms with Gasteiger partial charge in [0.15, 0.2) is 22.9 Å². The number of ether oxygens (including phenoxy) is 1. The molecule has 1 N–H and O–H groups in total. The lowest BCUT2D eigenvalue weighted by molar-refractivity contribution is -0.137. The van der Waals surface area contributed by atoms with Crippen LogP contribution < -0.4 is 0 Å². The summed E-state index contributed by atoms with van der Waals surface area (Å²) in [6.45, 7) is 0.190. The summed E-state index contributed by atoms with van der Waals surface area (Å²) in [6.07, 6.45) is -2.90. The van der Waals surface area contributed by atoms with Crippen molar-refractivity contribution < 1.29 is 17.9 Å². The van der Waals surface area contributed by atoms with Crippen molar-refractivity contribution >= 4 is 16.8 Å². The van der Waals surface area contributed by atoms with Crippen LogP contribution in [0.2, 0.25) is 0 Å². The lowest BCUT2D eigenvalue weighted by atomic mass is 10.1. The van der Waals surface area contributed by atoms with E-state index in [1.165, 1.54) is 30.1 Å². The zero-order valence-electron chi connectivity index (χ0n) is 12.9. The van der Waals surface area contributed by atoms with Crippen LogP contribution in [-0.4, -0.2) is 36.7 Å². The highest BCUT2D eigenvalue weighted by Gasteiger charge is 2.30. The van der Waals surface area contributed by atoms with Crippen molar-refractivity contribution in [2.45, 2.75) is 12.8 Å². The average molecular weight is 348 g/mol. The van der Waals surface area contributed by atoms with Crippen molar-refractivity contribution in [2.75, 3.05) is 7.11 Å². The maximum Gasteiger partial charge on any atom is 0.416 e. The molecule has 0 atom stereocenters. The van der Waals surface area contributed by atoms with Crippen molar-refractivity contribution in [3.63, 3.8) is 0 Å². The van der Waals surface area contributed by atoms with Gasteiger partial charge in [-0.2, -0.15) is 17.7 Å². The number of nitrogens with one attached hydrogen (secondary N) is 1. The number of aromatic amines is 1. The Hall–Kier alpha value is -3.01. The third-order valence-electron chi connectivity index (χ3n) is 3.67. The standard InChI is InChI=1S/C15H11F3N6O/c1-25-6-10-21-13-11(19-7-20-13)14-22-12(23-24(10)14)8-2-4-9(5-3-8)15(16,17)18/h2-5,7H,6H2,1H3,(H,19,20). The third kappa shape index (κ3) is 2.60. The van der Waals surface area contributed by atoms with Crippen LogP contribution in [0.25, 0.3) is 28.2 Å². The highest BCUT2D eigenvalue weighted by atomic mass is 19.4. The Morgan fingerprint density at radius 2 is 1.92 bits per heavy atom. The second-order valence-electron chi connectivity index (χ2n) is 5.31. The van der Waals surface area contributed by atoms with E-state index in [1.54, 1.807) is 0 Å². The summed E-state index contributed by atoms with van der Waals surface area (Å²) in [5.74, 6) is 0.776. The number of aromatic nitrogens is 6. The molecule has 0 radical (unpaired) electrons. The fraction of sp³-hybridized carbons (Fsp3) is 0.200. The van der Waals surface area contributed by atoms with Crippen LogP contribution in [-0.2, 0) is 17.5 Å². The number of fused-ring (bicyclic) bond motifs is 3. The molecule has 0 amide bonds. The molecule has 25 heavy (non-hydrogen) atoms. The van der Waals surface area contributed by atoms with Gasteiger partial charge < -0.3 is 9.72 Å². The average Bonchev–Trinajstić information content (AvgIpc) is 3.20. The lowest BCUT2D eigenvalue weighted by Gasteiger charge is -2.06. The molecule has 7 nitrogen and oxygen atoms in total. The topological polar surface area (TPSA) is 81.0 Å². The van der Waals surface area contributed by atoms with E-state index in [9.17, 15) is 13.2 Å². The summed E-state index contributed by atoms with van der Waals surface area (Å²) in [4.78, 5) is 15.8. The number of alkyl halides is 3. The van der Waals surface area contributed by atoms with Crippen molar-refractivity contribution in [3.05, 3.63) is 42.0 Å². The Bertz CT molecular complexity index is 1050. The van der Waals surface area contributed by atoms with Crippen LogP contribution in [0.15, 0.2) is 30.6 Å². The van der Waals surface area contributed by atoms with Crippen LogP contribution in [0.1, 0.15) is 11.4 Å². The second-order valence-corrected chi connectivity index (χ2v) is 5.31. The molecule has 0 aliphatic heterocycles.